The van der Waals surface area contributed by atoms with E-state index in [9.17, 15) is 0 Å². The fourth-order valence-corrected chi connectivity index (χ4v) is 4.08. The van der Waals surface area contributed by atoms with Gasteiger partial charge in [0.2, 0.25) is 0 Å². The van der Waals surface area contributed by atoms with Gasteiger partial charge in [-0.1, -0.05) is 56.5 Å². The molecule has 1 aliphatic rings. The smallest absolute Gasteiger partial charge is 0.147 e. The molecule has 1 aliphatic carbocycles. The molecule has 21 heavy (non-hydrogen) atoms. The van der Waals surface area contributed by atoms with E-state index in [0.717, 1.165) is 22.0 Å². The fraction of sp³-hybridized carbons (Fsp3) is 0.471. The van der Waals surface area contributed by atoms with E-state index in [1.807, 2.05) is 18.2 Å². The molecule has 2 aromatic rings. The lowest BCUT2D eigenvalue weighted by atomic mass is 9.84. The van der Waals surface area contributed by atoms with Crippen molar-refractivity contribution >= 4 is 22.4 Å². The van der Waals surface area contributed by atoms with Gasteiger partial charge in [0.15, 0.2) is 0 Å². The van der Waals surface area contributed by atoms with Crippen molar-refractivity contribution in [2.75, 3.05) is 11.1 Å². The van der Waals surface area contributed by atoms with E-state index in [0.29, 0.717) is 11.9 Å². The summed E-state index contributed by atoms with van der Waals surface area (Å²) in [5.74, 6) is 1.50. The largest absolute Gasteiger partial charge is 0.382 e. The van der Waals surface area contributed by atoms with Crippen LogP contribution >= 0.6 is 11.5 Å². The number of hydrogen-bond acceptors (Lipinski definition) is 4. The first-order valence-corrected chi connectivity index (χ1v) is 8.62. The quantitative estimate of drug-likeness (QED) is 0.855. The summed E-state index contributed by atoms with van der Waals surface area (Å²) in [6.07, 6.45) is 6.51. The highest BCUT2D eigenvalue weighted by atomic mass is 32.1. The zero-order valence-electron chi connectivity index (χ0n) is 12.5. The highest BCUT2D eigenvalue weighted by Gasteiger charge is 2.23. The van der Waals surface area contributed by atoms with Crippen molar-refractivity contribution in [3.8, 4) is 11.1 Å². The van der Waals surface area contributed by atoms with Crippen LogP contribution in [-0.2, 0) is 0 Å². The molecule has 2 unspecified atom stereocenters. The third-order valence-electron chi connectivity index (χ3n) is 4.48. The zero-order valence-corrected chi connectivity index (χ0v) is 13.3. The van der Waals surface area contributed by atoms with Crippen LogP contribution in [0.2, 0.25) is 0 Å². The van der Waals surface area contributed by atoms with Gasteiger partial charge in [-0.3, -0.25) is 0 Å². The Hall–Kier alpha value is -1.55. The molecule has 0 radical (unpaired) electrons. The second kappa shape index (κ2) is 6.48. The summed E-state index contributed by atoms with van der Waals surface area (Å²) < 4.78 is 4.35. The lowest BCUT2D eigenvalue weighted by molar-refractivity contribution is 0.327. The summed E-state index contributed by atoms with van der Waals surface area (Å²) in [7, 11) is 0. The predicted octanol–water partition coefficient (Wildman–Crippen LogP) is 4.77. The Labute approximate surface area is 130 Å². The lowest BCUT2D eigenvalue weighted by Gasteiger charge is -2.29. The Morgan fingerprint density at radius 1 is 1.29 bits per heavy atom. The molecule has 1 saturated carbocycles. The van der Waals surface area contributed by atoms with E-state index in [1.54, 1.807) is 0 Å². The summed E-state index contributed by atoms with van der Waals surface area (Å²) in [5, 5.41) is 4.83. The summed E-state index contributed by atoms with van der Waals surface area (Å²) >= 11 is 1.49. The molecule has 3 N–H and O–H groups in total. The molecular formula is C17H23N3S. The first-order valence-electron chi connectivity index (χ1n) is 7.85. The SMILES string of the molecule is CCC1CCCC(Nc2snc(N)c2-c2ccccc2)C1. The summed E-state index contributed by atoms with van der Waals surface area (Å²) in [5.41, 5.74) is 8.31. The first kappa shape index (κ1) is 14.4. The lowest BCUT2D eigenvalue weighted by Crippen LogP contribution is -2.26. The van der Waals surface area contributed by atoms with Gasteiger partial charge in [-0.05, 0) is 35.9 Å². The van der Waals surface area contributed by atoms with Crippen LogP contribution in [0.1, 0.15) is 39.0 Å². The minimum absolute atomic E-state index is 0.561. The molecule has 0 spiro atoms. The fourth-order valence-electron chi connectivity index (χ4n) is 3.26. The van der Waals surface area contributed by atoms with Crippen molar-refractivity contribution in [1.82, 2.24) is 4.37 Å². The van der Waals surface area contributed by atoms with Gasteiger partial charge in [-0.25, -0.2) is 0 Å². The average Bonchev–Trinajstić information content (AvgIpc) is 2.89. The van der Waals surface area contributed by atoms with Crippen molar-refractivity contribution in [2.45, 2.75) is 45.1 Å². The van der Waals surface area contributed by atoms with E-state index >= 15 is 0 Å². The highest BCUT2D eigenvalue weighted by molar-refractivity contribution is 7.11. The van der Waals surface area contributed by atoms with Gasteiger partial charge in [0.05, 0.1) is 5.56 Å². The number of nitrogen functional groups attached to an aromatic ring is 1. The number of nitrogens with zero attached hydrogens (tertiary/aromatic N) is 1. The Balaban J connectivity index is 1.80. The molecule has 112 valence electrons. The highest BCUT2D eigenvalue weighted by Crippen LogP contribution is 2.38. The van der Waals surface area contributed by atoms with Crippen molar-refractivity contribution < 1.29 is 0 Å². The maximum Gasteiger partial charge on any atom is 0.147 e. The summed E-state index contributed by atoms with van der Waals surface area (Å²) in [4.78, 5) is 0. The zero-order chi connectivity index (χ0) is 14.7. The molecule has 0 bridgehead atoms. The molecule has 4 heteroatoms. The molecule has 1 aromatic carbocycles. The molecule has 1 heterocycles. The minimum atomic E-state index is 0.561. The summed E-state index contributed by atoms with van der Waals surface area (Å²) in [6, 6.07) is 10.9. The molecule has 0 aliphatic heterocycles. The number of hydrogen-bond donors (Lipinski definition) is 2. The molecule has 1 aromatic heterocycles. The molecule has 3 nitrogen and oxygen atoms in total. The van der Waals surface area contributed by atoms with Gasteiger partial charge < -0.3 is 11.1 Å². The van der Waals surface area contributed by atoms with E-state index in [1.165, 1.54) is 43.6 Å². The molecular weight excluding hydrogens is 278 g/mol. The van der Waals surface area contributed by atoms with Gasteiger partial charge in [0, 0.05) is 6.04 Å². The molecule has 0 amide bonds. The van der Waals surface area contributed by atoms with Crippen molar-refractivity contribution in [1.29, 1.82) is 0 Å². The maximum atomic E-state index is 6.09. The van der Waals surface area contributed by atoms with Crippen LogP contribution in [0.3, 0.4) is 0 Å². The first-order chi connectivity index (χ1) is 10.3. The van der Waals surface area contributed by atoms with Crippen LogP contribution in [0.5, 0.6) is 0 Å². The minimum Gasteiger partial charge on any atom is -0.382 e. The van der Waals surface area contributed by atoms with Crippen LogP contribution in [-0.4, -0.2) is 10.4 Å². The van der Waals surface area contributed by atoms with Crippen molar-refractivity contribution in [3.63, 3.8) is 0 Å². The third kappa shape index (κ3) is 3.21. The van der Waals surface area contributed by atoms with Crippen LogP contribution in [0.15, 0.2) is 30.3 Å². The average molecular weight is 301 g/mol. The van der Waals surface area contributed by atoms with E-state index in [2.05, 4.69) is 28.7 Å². The molecule has 3 rings (SSSR count). The van der Waals surface area contributed by atoms with Crippen molar-refractivity contribution in [3.05, 3.63) is 30.3 Å². The van der Waals surface area contributed by atoms with E-state index < -0.39 is 0 Å². The van der Waals surface area contributed by atoms with Gasteiger partial charge >= 0.3 is 0 Å². The Morgan fingerprint density at radius 2 is 2.10 bits per heavy atom. The standard InChI is InChI=1S/C17H23N3S/c1-2-12-7-6-10-14(11-12)19-17-15(16(18)20-21-17)13-8-4-3-5-9-13/h3-5,8-9,12,14,19H,2,6-7,10-11H2,1H3,(H2,18,20). The number of aromatic nitrogens is 1. The monoisotopic (exact) mass is 301 g/mol. The number of nitrogens with two attached hydrogens (primary N) is 1. The van der Waals surface area contributed by atoms with Gasteiger partial charge in [-0.15, -0.1) is 0 Å². The Bertz CT molecular complexity index is 579. The number of nitrogens with one attached hydrogen (secondary N) is 1. The van der Waals surface area contributed by atoms with E-state index in [-0.39, 0.29) is 0 Å². The normalized spacial score (nSPS) is 22.1. The summed E-state index contributed by atoms with van der Waals surface area (Å²) in [6.45, 7) is 2.30. The number of rotatable bonds is 4. The van der Waals surface area contributed by atoms with Crippen LogP contribution in [0.4, 0.5) is 10.8 Å². The maximum absolute atomic E-state index is 6.09. The Kier molecular flexibility index (Phi) is 4.44. The van der Waals surface area contributed by atoms with Crippen LogP contribution in [0.25, 0.3) is 11.1 Å². The number of anilines is 2. The second-order valence-corrected chi connectivity index (χ2v) is 6.69. The topological polar surface area (TPSA) is 50.9 Å². The van der Waals surface area contributed by atoms with Crippen molar-refractivity contribution in [2.24, 2.45) is 5.92 Å². The predicted molar refractivity (Wildman–Crippen MR) is 91.6 cm³/mol. The van der Waals surface area contributed by atoms with Gasteiger partial charge in [0.1, 0.15) is 10.8 Å². The second-order valence-electron chi connectivity index (χ2n) is 5.92. The van der Waals surface area contributed by atoms with Crippen LogP contribution in [0, 0.1) is 5.92 Å². The van der Waals surface area contributed by atoms with Crippen LogP contribution < -0.4 is 11.1 Å². The van der Waals surface area contributed by atoms with Gasteiger partial charge in [0.25, 0.3) is 0 Å². The molecule has 0 saturated heterocycles. The molecule has 1 fully saturated rings. The number of benzene rings is 1. The Morgan fingerprint density at radius 3 is 2.86 bits per heavy atom. The van der Waals surface area contributed by atoms with Gasteiger partial charge in [-0.2, -0.15) is 4.37 Å². The third-order valence-corrected chi connectivity index (χ3v) is 5.27. The van der Waals surface area contributed by atoms with E-state index in [4.69, 9.17) is 5.73 Å². The molecule has 2 atom stereocenters.